The van der Waals surface area contributed by atoms with Gasteiger partial charge >= 0.3 is 0 Å². The van der Waals surface area contributed by atoms with Crippen LogP contribution in [0.25, 0.3) is 11.0 Å². The molecule has 1 aliphatic carbocycles. The van der Waals surface area contributed by atoms with Crippen LogP contribution in [0.4, 0.5) is 5.82 Å². The van der Waals surface area contributed by atoms with Crippen LogP contribution < -0.4 is 5.32 Å². The van der Waals surface area contributed by atoms with E-state index in [2.05, 4.69) is 49.7 Å². The van der Waals surface area contributed by atoms with Gasteiger partial charge in [0.25, 0.3) is 0 Å². The first-order valence-electron chi connectivity index (χ1n) is 8.44. The first-order valence-corrected chi connectivity index (χ1v) is 8.44. The third-order valence-corrected chi connectivity index (χ3v) is 4.56. The predicted molar refractivity (Wildman–Crippen MR) is 92.8 cm³/mol. The van der Waals surface area contributed by atoms with Gasteiger partial charge in [0.1, 0.15) is 12.1 Å². The molecule has 6 heteroatoms. The molecule has 0 saturated heterocycles. The molecule has 124 valence electrons. The van der Waals surface area contributed by atoms with Gasteiger partial charge < -0.3 is 10.1 Å². The van der Waals surface area contributed by atoms with E-state index in [1.165, 1.54) is 5.56 Å². The van der Waals surface area contributed by atoms with Crippen molar-refractivity contribution < 1.29 is 4.74 Å². The molecular formula is C18H21N5O. The quantitative estimate of drug-likeness (QED) is 0.729. The second-order valence-corrected chi connectivity index (χ2v) is 6.24. The Bertz CT molecular complexity index is 788. The van der Waals surface area contributed by atoms with Crippen molar-refractivity contribution >= 4 is 16.9 Å². The number of rotatable bonds is 6. The summed E-state index contributed by atoms with van der Waals surface area (Å²) in [7, 11) is 0. The molecule has 2 atom stereocenters. The van der Waals surface area contributed by atoms with E-state index in [1.54, 1.807) is 12.5 Å². The highest BCUT2D eigenvalue weighted by molar-refractivity contribution is 5.85. The average molecular weight is 323 g/mol. The van der Waals surface area contributed by atoms with E-state index in [0.717, 1.165) is 49.1 Å². The predicted octanol–water partition coefficient (Wildman–Crippen LogP) is 2.95. The fourth-order valence-electron chi connectivity index (χ4n) is 3.28. The van der Waals surface area contributed by atoms with Crippen molar-refractivity contribution in [1.82, 2.24) is 20.2 Å². The van der Waals surface area contributed by atoms with Gasteiger partial charge in [0, 0.05) is 6.04 Å². The minimum absolute atomic E-state index is 0.327. The van der Waals surface area contributed by atoms with E-state index >= 15 is 0 Å². The summed E-state index contributed by atoms with van der Waals surface area (Å²) < 4.78 is 6.06. The Hall–Kier alpha value is -2.47. The van der Waals surface area contributed by atoms with Crippen molar-refractivity contribution in [2.75, 3.05) is 11.9 Å². The fraction of sp³-hybridized carbons (Fsp3) is 0.389. The fourth-order valence-corrected chi connectivity index (χ4v) is 3.28. The maximum absolute atomic E-state index is 6.06. The molecular weight excluding hydrogens is 302 g/mol. The third kappa shape index (κ3) is 3.38. The number of H-pyrrole nitrogens is 1. The Kier molecular flexibility index (Phi) is 4.38. The van der Waals surface area contributed by atoms with Crippen LogP contribution in [-0.4, -0.2) is 38.9 Å². The lowest BCUT2D eigenvalue weighted by molar-refractivity contribution is 0.0601. The van der Waals surface area contributed by atoms with E-state index in [4.69, 9.17) is 4.74 Å². The van der Waals surface area contributed by atoms with Crippen molar-refractivity contribution in [2.45, 2.75) is 37.8 Å². The lowest BCUT2D eigenvalue weighted by atomic mass is 10.2. The highest BCUT2D eigenvalue weighted by Gasteiger charge is 2.26. The molecule has 0 spiro atoms. The number of aromatic amines is 1. The molecule has 4 rings (SSSR count). The van der Waals surface area contributed by atoms with Crippen LogP contribution >= 0.6 is 0 Å². The largest absolute Gasteiger partial charge is 0.378 e. The van der Waals surface area contributed by atoms with Crippen LogP contribution in [0.15, 0.2) is 42.9 Å². The second-order valence-electron chi connectivity index (χ2n) is 6.24. The molecule has 1 aromatic carbocycles. The van der Waals surface area contributed by atoms with Gasteiger partial charge in [0.05, 0.1) is 24.3 Å². The first kappa shape index (κ1) is 15.1. The molecule has 2 N–H and O–H groups in total. The molecule has 0 amide bonds. The van der Waals surface area contributed by atoms with Crippen LogP contribution in [0.2, 0.25) is 0 Å². The molecule has 24 heavy (non-hydrogen) atoms. The topological polar surface area (TPSA) is 75.7 Å². The van der Waals surface area contributed by atoms with E-state index in [-0.39, 0.29) is 0 Å². The van der Waals surface area contributed by atoms with Gasteiger partial charge in [-0.1, -0.05) is 30.3 Å². The van der Waals surface area contributed by atoms with Crippen LogP contribution in [0.1, 0.15) is 24.8 Å². The number of fused-ring (bicyclic) bond motifs is 1. The van der Waals surface area contributed by atoms with Crippen molar-refractivity contribution in [3.8, 4) is 0 Å². The van der Waals surface area contributed by atoms with E-state index in [9.17, 15) is 0 Å². The van der Waals surface area contributed by atoms with Gasteiger partial charge in [-0.2, -0.15) is 5.10 Å². The maximum Gasteiger partial charge on any atom is 0.160 e. The van der Waals surface area contributed by atoms with Crippen LogP contribution in [0.3, 0.4) is 0 Å². The Morgan fingerprint density at radius 2 is 2.08 bits per heavy atom. The van der Waals surface area contributed by atoms with E-state index < -0.39 is 0 Å². The number of nitrogens with zero attached hydrogens (tertiary/aromatic N) is 3. The summed E-state index contributed by atoms with van der Waals surface area (Å²) in [5, 5.41) is 11.4. The van der Waals surface area contributed by atoms with Crippen LogP contribution in [-0.2, 0) is 11.2 Å². The number of nitrogens with one attached hydrogen (secondary N) is 2. The summed E-state index contributed by atoms with van der Waals surface area (Å²) in [6.07, 6.45) is 7.82. The zero-order valence-electron chi connectivity index (χ0n) is 13.5. The van der Waals surface area contributed by atoms with Gasteiger partial charge in [-0.05, 0) is 31.2 Å². The second kappa shape index (κ2) is 6.97. The van der Waals surface area contributed by atoms with Crippen molar-refractivity contribution in [1.29, 1.82) is 0 Å². The summed E-state index contributed by atoms with van der Waals surface area (Å²) in [4.78, 5) is 8.51. The zero-order valence-corrected chi connectivity index (χ0v) is 13.5. The van der Waals surface area contributed by atoms with Crippen LogP contribution in [0.5, 0.6) is 0 Å². The summed E-state index contributed by atoms with van der Waals surface area (Å²) >= 11 is 0. The molecule has 0 bridgehead atoms. The number of ether oxygens (including phenoxy) is 1. The number of hydrogen-bond acceptors (Lipinski definition) is 5. The minimum atomic E-state index is 0.327. The number of anilines is 1. The molecule has 0 aliphatic heterocycles. The highest BCUT2D eigenvalue weighted by atomic mass is 16.5. The SMILES string of the molecule is c1ccc(CCOC2CC[C@H](Nc3ncnc4[nH]ncc34)C2)cc1. The smallest absolute Gasteiger partial charge is 0.160 e. The van der Waals surface area contributed by atoms with Gasteiger partial charge in [-0.25, -0.2) is 9.97 Å². The third-order valence-electron chi connectivity index (χ3n) is 4.56. The van der Waals surface area contributed by atoms with Gasteiger partial charge in [0.2, 0.25) is 0 Å². The zero-order chi connectivity index (χ0) is 16.2. The molecule has 1 saturated carbocycles. The molecule has 1 aliphatic rings. The minimum Gasteiger partial charge on any atom is -0.378 e. The molecule has 1 fully saturated rings. The lowest BCUT2D eigenvalue weighted by Gasteiger charge is -2.15. The van der Waals surface area contributed by atoms with Gasteiger partial charge in [0.15, 0.2) is 5.65 Å². The Morgan fingerprint density at radius 1 is 1.17 bits per heavy atom. The highest BCUT2D eigenvalue weighted by Crippen LogP contribution is 2.27. The molecule has 6 nitrogen and oxygen atoms in total. The van der Waals surface area contributed by atoms with Crippen molar-refractivity contribution in [3.05, 3.63) is 48.4 Å². The Balaban J connectivity index is 1.28. The van der Waals surface area contributed by atoms with E-state index in [1.807, 2.05) is 6.07 Å². The number of aromatic nitrogens is 4. The first-order chi connectivity index (χ1) is 11.9. The Labute approximate surface area is 140 Å². The molecule has 2 aromatic heterocycles. The standard InChI is InChI=1S/C18H21N5O/c1-2-4-13(5-3-1)8-9-24-15-7-6-14(10-15)22-17-16-11-21-23-18(16)20-12-19-17/h1-5,11-12,14-15H,6-10H2,(H2,19,20,21,22,23)/t14-,15?/m0/s1. The number of hydrogen-bond donors (Lipinski definition) is 2. The average Bonchev–Trinajstić information content (AvgIpc) is 3.26. The molecule has 3 aromatic rings. The van der Waals surface area contributed by atoms with E-state index in [0.29, 0.717) is 12.1 Å². The van der Waals surface area contributed by atoms with Crippen molar-refractivity contribution in [2.24, 2.45) is 0 Å². The van der Waals surface area contributed by atoms with Gasteiger partial charge in [-0.3, -0.25) is 5.10 Å². The van der Waals surface area contributed by atoms with Gasteiger partial charge in [-0.15, -0.1) is 0 Å². The summed E-state index contributed by atoms with van der Waals surface area (Å²) in [6.45, 7) is 0.779. The molecule has 2 heterocycles. The van der Waals surface area contributed by atoms with Crippen LogP contribution in [0, 0.1) is 0 Å². The summed E-state index contributed by atoms with van der Waals surface area (Å²) in [6, 6.07) is 10.9. The summed E-state index contributed by atoms with van der Waals surface area (Å²) in [5.74, 6) is 0.851. The molecule has 1 unspecified atom stereocenters. The molecule has 0 radical (unpaired) electrons. The maximum atomic E-state index is 6.06. The summed E-state index contributed by atoms with van der Waals surface area (Å²) in [5.41, 5.74) is 2.09. The normalized spacial score (nSPS) is 20.5. The lowest BCUT2D eigenvalue weighted by Crippen LogP contribution is -2.19. The Morgan fingerprint density at radius 3 is 3.00 bits per heavy atom. The monoisotopic (exact) mass is 323 g/mol. The van der Waals surface area contributed by atoms with Crippen molar-refractivity contribution in [3.63, 3.8) is 0 Å². The number of benzene rings is 1.